The molecule has 68 heavy (non-hydrogen) atoms. The van der Waals surface area contributed by atoms with Crippen LogP contribution in [0.1, 0.15) is 22.3 Å². The minimum atomic E-state index is -0.533. The Morgan fingerprint density at radius 3 is 1.88 bits per heavy atom. The van der Waals surface area contributed by atoms with Crippen LogP contribution in [0.4, 0.5) is 17.1 Å². The van der Waals surface area contributed by atoms with Gasteiger partial charge in [-0.1, -0.05) is 188 Å². The number of benzene rings is 11. The SMILES string of the molecule is c1ccc(C2(c3ccccc3)c3ccccc3-c3c(N(c4ccc(-c5ccc6sc7ccccc7c6c5)cc4)c4cccc(-c5cccc6oc7c8ccccc8ccc7c56)c4)cccc32)cc1. The van der Waals surface area contributed by atoms with E-state index in [0.717, 1.165) is 55.5 Å². The van der Waals surface area contributed by atoms with E-state index in [2.05, 4.69) is 254 Å². The number of hydrogen-bond donors (Lipinski definition) is 0. The molecule has 1 aliphatic rings. The summed E-state index contributed by atoms with van der Waals surface area (Å²) in [7, 11) is 0. The molecule has 11 aromatic carbocycles. The predicted octanol–water partition coefficient (Wildman–Crippen LogP) is 18.3. The van der Waals surface area contributed by atoms with Crippen LogP contribution < -0.4 is 4.90 Å². The lowest BCUT2D eigenvalue weighted by molar-refractivity contribution is 0.673. The molecule has 3 heteroatoms. The molecule has 1 aliphatic carbocycles. The third-order valence-corrected chi connectivity index (χ3v) is 15.5. The van der Waals surface area contributed by atoms with Crippen molar-refractivity contribution in [2.45, 2.75) is 5.41 Å². The normalized spacial score (nSPS) is 12.8. The Morgan fingerprint density at radius 2 is 1.04 bits per heavy atom. The summed E-state index contributed by atoms with van der Waals surface area (Å²) in [6, 6.07) is 91.4. The van der Waals surface area contributed by atoms with Crippen LogP contribution in [0.5, 0.6) is 0 Å². The van der Waals surface area contributed by atoms with Gasteiger partial charge in [0.2, 0.25) is 0 Å². The molecule has 0 amide bonds. The van der Waals surface area contributed by atoms with Crippen molar-refractivity contribution in [3.8, 4) is 33.4 Å². The standard InChI is InChI=1S/C65H41NOS/c1-3-18-46(19-4-1)65(47-20-5-2-6-21-47)56-27-11-9-25-53(56)63-57(65)28-15-29-58(63)66(48-36-32-42(33-37-48)44-35-39-61-55(41-44)52-24-10-12-31-60(52)68-61)49-22-13-17-45(40-49)50-26-14-30-59-62(50)54-38-34-43-16-7-8-23-51(43)64(54)67-59/h1-41H. The monoisotopic (exact) mass is 883 g/mol. The highest BCUT2D eigenvalue weighted by molar-refractivity contribution is 7.25. The van der Waals surface area contributed by atoms with Gasteiger partial charge in [0.1, 0.15) is 11.2 Å². The summed E-state index contributed by atoms with van der Waals surface area (Å²) in [6.07, 6.45) is 0. The van der Waals surface area contributed by atoms with Crippen molar-refractivity contribution in [1.82, 2.24) is 0 Å². The first-order valence-corrected chi connectivity index (χ1v) is 24.1. The summed E-state index contributed by atoms with van der Waals surface area (Å²) in [5.74, 6) is 0. The Hall–Kier alpha value is -8.50. The van der Waals surface area contributed by atoms with Crippen LogP contribution in [-0.4, -0.2) is 0 Å². The highest BCUT2D eigenvalue weighted by atomic mass is 32.1. The molecule has 0 saturated heterocycles. The Bertz CT molecular complexity index is 4050. The van der Waals surface area contributed by atoms with Crippen molar-refractivity contribution in [1.29, 1.82) is 0 Å². The van der Waals surface area contributed by atoms with Gasteiger partial charge in [0.25, 0.3) is 0 Å². The molecule has 0 fully saturated rings. The Labute approximate surface area is 398 Å². The molecule has 2 aromatic heterocycles. The fraction of sp³-hybridized carbons (Fsp3) is 0.0154. The lowest BCUT2D eigenvalue weighted by Gasteiger charge is -2.34. The van der Waals surface area contributed by atoms with E-state index in [9.17, 15) is 0 Å². The first-order chi connectivity index (χ1) is 33.7. The summed E-state index contributed by atoms with van der Waals surface area (Å²) >= 11 is 1.86. The van der Waals surface area contributed by atoms with E-state index in [1.54, 1.807) is 0 Å². The van der Waals surface area contributed by atoms with E-state index in [4.69, 9.17) is 4.42 Å². The van der Waals surface area contributed by atoms with E-state index in [1.165, 1.54) is 70.1 Å². The summed E-state index contributed by atoms with van der Waals surface area (Å²) < 4.78 is 9.33. The number of nitrogens with zero attached hydrogens (tertiary/aromatic N) is 1. The van der Waals surface area contributed by atoms with Gasteiger partial charge in [-0.2, -0.15) is 0 Å². The van der Waals surface area contributed by atoms with E-state index < -0.39 is 5.41 Å². The molecule has 318 valence electrons. The van der Waals surface area contributed by atoms with E-state index in [0.29, 0.717) is 0 Å². The van der Waals surface area contributed by atoms with Crippen LogP contribution in [0.25, 0.3) is 86.3 Å². The number of fused-ring (bicyclic) bond motifs is 11. The molecular weight excluding hydrogens is 843 g/mol. The maximum Gasteiger partial charge on any atom is 0.143 e. The van der Waals surface area contributed by atoms with Crippen molar-refractivity contribution >= 4 is 81.3 Å². The van der Waals surface area contributed by atoms with Gasteiger partial charge in [-0.15, -0.1) is 11.3 Å². The highest BCUT2D eigenvalue weighted by Gasteiger charge is 2.47. The predicted molar refractivity (Wildman–Crippen MR) is 287 cm³/mol. The molecule has 0 saturated carbocycles. The average Bonchev–Trinajstić information content (AvgIpc) is 4.08. The zero-order chi connectivity index (χ0) is 44.8. The lowest BCUT2D eigenvalue weighted by Crippen LogP contribution is -2.28. The fourth-order valence-electron chi connectivity index (χ4n) is 11.4. The molecule has 0 unspecified atom stereocenters. The van der Waals surface area contributed by atoms with E-state index in [-0.39, 0.29) is 0 Å². The molecule has 0 bridgehead atoms. The maximum absolute atomic E-state index is 6.70. The van der Waals surface area contributed by atoms with Gasteiger partial charge in [-0.25, -0.2) is 0 Å². The van der Waals surface area contributed by atoms with E-state index >= 15 is 0 Å². The first-order valence-electron chi connectivity index (χ1n) is 23.3. The summed E-state index contributed by atoms with van der Waals surface area (Å²) in [6.45, 7) is 0. The van der Waals surface area contributed by atoms with Crippen molar-refractivity contribution in [3.63, 3.8) is 0 Å². The number of hydrogen-bond acceptors (Lipinski definition) is 3. The first kappa shape index (κ1) is 38.7. The van der Waals surface area contributed by atoms with Crippen molar-refractivity contribution in [2.24, 2.45) is 0 Å². The minimum Gasteiger partial charge on any atom is -0.455 e. The molecule has 0 radical (unpaired) electrons. The van der Waals surface area contributed by atoms with Crippen LogP contribution >= 0.6 is 11.3 Å². The van der Waals surface area contributed by atoms with Crippen LogP contribution in [0.15, 0.2) is 253 Å². The topological polar surface area (TPSA) is 16.4 Å². The van der Waals surface area contributed by atoms with Crippen LogP contribution in [0.2, 0.25) is 0 Å². The van der Waals surface area contributed by atoms with Crippen LogP contribution in [-0.2, 0) is 5.41 Å². The van der Waals surface area contributed by atoms with Crippen molar-refractivity contribution in [2.75, 3.05) is 4.90 Å². The Kier molecular flexibility index (Phi) is 8.71. The zero-order valence-electron chi connectivity index (χ0n) is 36.9. The fourth-order valence-corrected chi connectivity index (χ4v) is 12.5. The largest absolute Gasteiger partial charge is 0.455 e. The maximum atomic E-state index is 6.70. The van der Waals surface area contributed by atoms with Gasteiger partial charge in [-0.3, -0.25) is 0 Å². The molecule has 13 aromatic rings. The summed E-state index contributed by atoms with van der Waals surface area (Å²) in [4.78, 5) is 2.48. The van der Waals surface area contributed by atoms with Gasteiger partial charge in [0.05, 0.1) is 11.1 Å². The second-order valence-electron chi connectivity index (χ2n) is 17.9. The molecule has 14 rings (SSSR count). The molecule has 2 heterocycles. The Balaban J connectivity index is 0.992. The molecule has 2 nitrogen and oxygen atoms in total. The van der Waals surface area contributed by atoms with Gasteiger partial charge < -0.3 is 9.32 Å². The van der Waals surface area contributed by atoms with E-state index in [1.807, 2.05) is 11.3 Å². The minimum absolute atomic E-state index is 0.533. The number of thiophene rings is 1. The summed E-state index contributed by atoms with van der Waals surface area (Å²) in [5, 5.41) is 7.16. The number of anilines is 3. The highest BCUT2D eigenvalue weighted by Crippen LogP contribution is 2.59. The second kappa shape index (κ2) is 15.3. The lowest BCUT2D eigenvalue weighted by atomic mass is 9.68. The van der Waals surface area contributed by atoms with Gasteiger partial charge >= 0.3 is 0 Å². The van der Waals surface area contributed by atoms with Crippen LogP contribution in [0.3, 0.4) is 0 Å². The quantitative estimate of drug-likeness (QED) is 0.159. The third-order valence-electron chi connectivity index (χ3n) is 14.3. The Morgan fingerprint density at radius 1 is 0.382 bits per heavy atom. The smallest absolute Gasteiger partial charge is 0.143 e. The van der Waals surface area contributed by atoms with Crippen molar-refractivity contribution in [3.05, 3.63) is 271 Å². The molecule has 0 N–H and O–H groups in total. The second-order valence-corrected chi connectivity index (χ2v) is 19.0. The van der Waals surface area contributed by atoms with Gasteiger partial charge in [-0.05, 0) is 116 Å². The molecular formula is C65H41NOS. The summed E-state index contributed by atoms with van der Waals surface area (Å²) in [5.41, 5.74) is 16.7. The molecule has 0 aliphatic heterocycles. The third kappa shape index (κ3) is 5.76. The van der Waals surface area contributed by atoms with Gasteiger partial charge in [0, 0.05) is 53.3 Å². The molecule has 0 atom stereocenters. The van der Waals surface area contributed by atoms with Crippen LogP contribution in [0, 0.1) is 0 Å². The molecule has 0 spiro atoms. The van der Waals surface area contributed by atoms with Gasteiger partial charge in [0.15, 0.2) is 0 Å². The number of furan rings is 1. The zero-order valence-corrected chi connectivity index (χ0v) is 37.8. The average molecular weight is 884 g/mol. The van der Waals surface area contributed by atoms with Crippen molar-refractivity contribution < 1.29 is 4.42 Å². The number of rotatable bonds is 7.